The van der Waals surface area contributed by atoms with Crippen molar-refractivity contribution in [1.82, 2.24) is 0 Å². The molecule has 9 aliphatic rings. The van der Waals surface area contributed by atoms with Crippen molar-refractivity contribution in [1.29, 1.82) is 0 Å². The highest BCUT2D eigenvalue weighted by atomic mass is 16.8. The Morgan fingerprint density at radius 2 is 1.12 bits per heavy atom. The summed E-state index contributed by atoms with van der Waals surface area (Å²) in [5, 5.41) is 132. The number of carbonyl (C=O) groups is 3. The third-order valence-electron chi connectivity index (χ3n) is 22.0. The molecule has 0 aromatic rings. The van der Waals surface area contributed by atoms with Crippen LogP contribution in [0, 0.1) is 50.2 Å². The number of rotatable bonds is 13. The summed E-state index contributed by atoms with van der Waals surface area (Å²) in [6.45, 7) is 16.7. The molecule has 4 saturated heterocycles. The highest BCUT2D eigenvalue weighted by molar-refractivity contribution is 5.79. The first-order valence-corrected chi connectivity index (χ1v) is 29.6. The third kappa shape index (κ3) is 11.2. The minimum absolute atomic E-state index is 0.0752. The van der Waals surface area contributed by atoms with Crippen molar-refractivity contribution < 1.29 is 123 Å². The number of aliphatic hydroxyl groups excluding tert-OH is 12. The SMILES string of the molecule is CC(=O)OC[C@H]1O[C@@H](OC(=O)[C@]23CCC(C)(C)C[C@H]2C2=CC[C@@H]4[C@@]5(C)C[C@H](O)[C@H](O[C@@H]6O[C@H](C)[C@H](O)[C@H](O)[C@H]6O)[C@@](C)(COC(C)=O)[C@@H]5CC[C@@]4(C)[C@]2(C)CC3)[C@H](O[C@@H]2O[C@@H](C)[C@H](O)[C@@H](O)[C@H]2O)[C@@H](O[C@@H]2O[C@H](CO)[C@H](O)[C@H](O)[C@H]2O)[C@@H]1O. The molecule has 25 heteroatoms. The second-order valence-corrected chi connectivity index (χ2v) is 27.5. The van der Waals surface area contributed by atoms with Gasteiger partial charge in [-0.2, -0.15) is 0 Å². The van der Waals surface area contributed by atoms with Gasteiger partial charge in [-0.25, -0.2) is 0 Å². The number of ether oxygens (including phenoxy) is 10. The van der Waals surface area contributed by atoms with E-state index in [1.807, 2.05) is 6.92 Å². The molecule has 9 rings (SSSR count). The van der Waals surface area contributed by atoms with E-state index < -0.39 is 199 Å². The van der Waals surface area contributed by atoms with E-state index >= 15 is 4.79 Å². The number of hydrogen-bond donors (Lipinski definition) is 12. The zero-order valence-corrected chi connectivity index (χ0v) is 49.2. The molecule has 0 amide bonds. The molecule has 25 nitrogen and oxygen atoms in total. The van der Waals surface area contributed by atoms with Crippen LogP contribution in [0.2, 0.25) is 0 Å². The Morgan fingerprint density at radius 3 is 1.71 bits per heavy atom. The number of fused-ring (bicyclic) bond motifs is 7. The van der Waals surface area contributed by atoms with Gasteiger partial charge in [-0.3, -0.25) is 14.4 Å². The van der Waals surface area contributed by atoms with Gasteiger partial charge in [0.25, 0.3) is 0 Å². The fourth-order valence-electron chi connectivity index (χ4n) is 17.0. The number of carbonyl (C=O) groups excluding carboxylic acids is 3. The van der Waals surface area contributed by atoms with Crippen molar-refractivity contribution in [3.63, 3.8) is 0 Å². The normalized spacial score (nSPS) is 52.3. The first kappa shape index (κ1) is 64.9. The van der Waals surface area contributed by atoms with Crippen molar-refractivity contribution in [2.24, 2.45) is 50.2 Å². The maximum Gasteiger partial charge on any atom is 0.315 e. The van der Waals surface area contributed by atoms with Crippen LogP contribution in [0.3, 0.4) is 0 Å². The molecule has 0 bridgehead atoms. The third-order valence-corrected chi connectivity index (χ3v) is 22.0. The van der Waals surface area contributed by atoms with Gasteiger partial charge in [0.1, 0.15) is 86.0 Å². The monoisotopic (exact) mass is 1190 g/mol. The summed E-state index contributed by atoms with van der Waals surface area (Å²) in [4.78, 5) is 40.7. The largest absolute Gasteiger partial charge is 0.465 e. The molecule has 8 fully saturated rings. The van der Waals surface area contributed by atoms with E-state index in [9.17, 15) is 70.9 Å². The van der Waals surface area contributed by atoms with Crippen LogP contribution in [-0.2, 0) is 61.8 Å². The zero-order valence-electron chi connectivity index (χ0n) is 49.2. The number of aliphatic hydroxyl groups is 12. The lowest BCUT2D eigenvalue weighted by Crippen LogP contribution is -2.69. The Labute approximate surface area is 483 Å². The molecule has 0 spiro atoms. The lowest BCUT2D eigenvalue weighted by molar-refractivity contribution is -0.387. The molecule has 0 unspecified atom stereocenters. The fourth-order valence-corrected chi connectivity index (χ4v) is 17.0. The van der Waals surface area contributed by atoms with E-state index in [0.29, 0.717) is 51.4 Å². The molecule has 474 valence electrons. The van der Waals surface area contributed by atoms with Crippen molar-refractivity contribution in [3.05, 3.63) is 11.6 Å². The van der Waals surface area contributed by atoms with Crippen LogP contribution in [0.25, 0.3) is 0 Å². The summed E-state index contributed by atoms with van der Waals surface area (Å²) < 4.78 is 60.5. The summed E-state index contributed by atoms with van der Waals surface area (Å²) in [7, 11) is 0. The molecule has 30 atom stereocenters. The summed E-state index contributed by atoms with van der Waals surface area (Å²) in [5.74, 6) is -2.73. The van der Waals surface area contributed by atoms with Gasteiger partial charge in [0.2, 0.25) is 6.29 Å². The van der Waals surface area contributed by atoms with E-state index in [1.165, 1.54) is 13.8 Å². The molecule has 83 heavy (non-hydrogen) atoms. The Balaban J connectivity index is 1.06. The average molecular weight is 1190 g/mol. The van der Waals surface area contributed by atoms with Crippen LogP contribution in [-0.4, -0.2) is 234 Å². The molecule has 4 saturated carbocycles. The van der Waals surface area contributed by atoms with Crippen LogP contribution in [0.4, 0.5) is 0 Å². The van der Waals surface area contributed by atoms with E-state index in [-0.39, 0.29) is 30.3 Å². The maximum absolute atomic E-state index is 15.9. The summed E-state index contributed by atoms with van der Waals surface area (Å²) >= 11 is 0. The van der Waals surface area contributed by atoms with E-state index in [0.717, 1.165) is 12.5 Å². The molecule has 0 radical (unpaired) electrons. The second kappa shape index (κ2) is 23.7. The van der Waals surface area contributed by atoms with Gasteiger partial charge in [0, 0.05) is 19.3 Å². The molecular formula is C58H92O25. The van der Waals surface area contributed by atoms with Crippen LogP contribution in [0.1, 0.15) is 127 Å². The van der Waals surface area contributed by atoms with Crippen LogP contribution in [0.15, 0.2) is 11.6 Å². The molecular weight excluding hydrogens is 1100 g/mol. The van der Waals surface area contributed by atoms with E-state index in [1.54, 1.807) is 6.92 Å². The van der Waals surface area contributed by atoms with Gasteiger partial charge in [-0.15, -0.1) is 0 Å². The van der Waals surface area contributed by atoms with Crippen molar-refractivity contribution in [3.8, 4) is 0 Å². The standard InChI is InChI=1S/C58H92O25/c1-24-35(63)39(67)42(70)48(76-24)81-46-45(80-50-44(72)41(69)37(65)31(21-59)78-50)38(66)32(22-74-26(3)60)79-51(46)83-52(73)58-17-15-53(5,6)19-29(58)28-11-12-34-54(7)20-30(62)47(82-49-43(71)40(68)36(64)25(2)77-49)55(8,23-75-27(4)61)33(54)13-14-57(34,10)56(28,9)16-18-58/h11,24-25,29-51,59,62-72H,12-23H2,1-10H3/t24-,25+,29-,30-,31+,32+,33+,34+,35-,36-,37-,38+,39+,40-,41-,42+,43+,44+,45-,46+,47-,48-,49-,50-,51-,54-,55-,56+,57+,58-/m0/s1. The molecule has 0 aromatic heterocycles. The fraction of sp³-hybridized carbons (Fsp3) is 0.914. The highest BCUT2D eigenvalue weighted by Gasteiger charge is 2.72. The second-order valence-electron chi connectivity index (χ2n) is 27.5. The summed E-state index contributed by atoms with van der Waals surface area (Å²) in [5.41, 5.74) is -3.07. The van der Waals surface area contributed by atoms with Gasteiger partial charge < -0.3 is 109 Å². The number of allylic oxidation sites excluding steroid dienone is 2. The van der Waals surface area contributed by atoms with Crippen LogP contribution in [0.5, 0.6) is 0 Å². The van der Waals surface area contributed by atoms with Crippen molar-refractivity contribution >= 4 is 17.9 Å². The van der Waals surface area contributed by atoms with Crippen LogP contribution >= 0.6 is 0 Å². The Morgan fingerprint density at radius 1 is 0.578 bits per heavy atom. The van der Waals surface area contributed by atoms with E-state index in [2.05, 4.69) is 40.7 Å². The number of esters is 3. The Hall–Kier alpha value is -2.61. The lowest BCUT2D eigenvalue weighted by Gasteiger charge is -2.71. The quantitative estimate of drug-likeness (QED) is 0.0460. The smallest absolute Gasteiger partial charge is 0.315 e. The Bertz CT molecular complexity index is 2370. The van der Waals surface area contributed by atoms with Gasteiger partial charge in [-0.1, -0.05) is 53.2 Å². The van der Waals surface area contributed by atoms with E-state index in [4.69, 9.17) is 47.4 Å². The average Bonchev–Trinajstić information content (AvgIpc) is 1.26. The molecule has 0 aromatic carbocycles. The molecule has 4 heterocycles. The molecule has 4 aliphatic heterocycles. The maximum atomic E-state index is 15.9. The summed E-state index contributed by atoms with van der Waals surface area (Å²) in [6.07, 6.45) is -29.0. The lowest BCUT2D eigenvalue weighted by atomic mass is 9.33. The number of hydrogen-bond acceptors (Lipinski definition) is 25. The molecule has 5 aliphatic carbocycles. The highest BCUT2D eigenvalue weighted by Crippen LogP contribution is 2.76. The van der Waals surface area contributed by atoms with Gasteiger partial charge >= 0.3 is 17.9 Å². The van der Waals surface area contributed by atoms with Gasteiger partial charge in [0.15, 0.2) is 25.0 Å². The Kier molecular flexibility index (Phi) is 18.5. The minimum Gasteiger partial charge on any atom is -0.465 e. The summed E-state index contributed by atoms with van der Waals surface area (Å²) in [6, 6.07) is 0. The zero-order chi connectivity index (χ0) is 61.0. The van der Waals surface area contributed by atoms with Crippen molar-refractivity contribution in [2.45, 2.75) is 262 Å². The van der Waals surface area contributed by atoms with Gasteiger partial charge in [-0.05, 0) is 111 Å². The van der Waals surface area contributed by atoms with Gasteiger partial charge in [0.05, 0.1) is 43.0 Å². The predicted octanol–water partition coefficient (Wildman–Crippen LogP) is -0.895. The van der Waals surface area contributed by atoms with Crippen molar-refractivity contribution in [2.75, 3.05) is 19.8 Å². The van der Waals surface area contributed by atoms with Crippen LogP contribution < -0.4 is 0 Å². The molecule has 12 N–H and O–H groups in total. The first-order valence-electron chi connectivity index (χ1n) is 29.6. The topological polar surface area (TPSA) is 386 Å². The minimum atomic E-state index is -2.01. The first-order chi connectivity index (χ1) is 38.7. The predicted molar refractivity (Wildman–Crippen MR) is 282 cm³/mol.